The van der Waals surface area contributed by atoms with Gasteiger partial charge in [0.05, 0.1) is 0 Å². The molecule has 1 unspecified atom stereocenters. The summed E-state index contributed by atoms with van der Waals surface area (Å²) in [5, 5.41) is 3.00. The SMILES string of the molecule is CC(CCc1ccccc1)NC(=O)/C=C/c1ccc(N2CCCC2=O)cc1. The molecule has 1 aliphatic heterocycles. The van der Waals surface area contributed by atoms with Crippen LogP contribution < -0.4 is 10.2 Å². The van der Waals surface area contributed by atoms with Crippen molar-refractivity contribution in [1.82, 2.24) is 5.32 Å². The van der Waals surface area contributed by atoms with Gasteiger partial charge >= 0.3 is 0 Å². The van der Waals surface area contributed by atoms with Gasteiger partial charge in [-0.15, -0.1) is 0 Å². The molecule has 4 nitrogen and oxygen atoms in total. The highest BCUT2D eigenvalue weighted by molar-refractivity contribution is 5.95. The van der Waals surface area contributed by atoms with Crippen LogP contribution in [0.3, 0.4) is 0 Å². The number of hydrogen-bond donors (Lipinski definition) is 1. The summed E-state index contributed by atoms with van der Waals surface area (Å²) >= 11 is 0. The number of carbonyl (C=O) groups excluding carboxylic acids is 2. The highest BCUT2D eigenvalue weighted by Crippen LogP contribution is 2.21. The van der Waals surface area contributed by atoms with Crippen molar-refractivity contribution < 1.29 is 9.59 Å². The van der Waals surface area contributed by atoms with Crippen molar-refractivity contribution in [3.63, 3.8) is 0 Å². The lowest BCUT2D eigenvalue weighted by atomic mass is 10.1. The van der Waals surface area contributed by atoms with Gasteiger partial charge in [-0.25, -0.2) is 0 Å². The summed E-state index contributed by atoms with van der Waals surface area (Å²) in [6.07, 6.45) is 6.77. The Labute approximate surface area is 160 Å². The molecule has 0 aliphatic carbocycles. The molecule has 2 aromatic rings. The summed E-state index contributed by atoms with van der Waals surface area (Å²) < 4.78 is 0. The van der Waals surface area contributed by atoms with Crippen LogP contribution in [0.4, 0.5) is 5.69 Å². The van der Waals surface area contributed by atoms with E-state index >= 15 is 0 Å². The Morgan fingerprint density at radius 3 is 2.56 bits per heavy atom. The van der Waals surface area contributed by atoms with E-state index in [0.29, 0.717) is 6.42 Å². The molecule has 1 saturated heterocycles. The Morgan fingerprint density at radius 2 is 1.89 bits per heavy atom. The van der Waals surface area contributed by atoms with Gasteiger partial charge in [0.15, 0.2) is 0 Å². The molecule has 0 spiro atoms. The van der Waals surface area contributed by atoms with Crippen LogP contribution in [0.2, 0.25) is 0 Å². The maximum absolute atomic E-state index is 12.1. The number of aryl methyl sites for hydroxylation is 1. The Bertz CT molecular complexity index is 797. The van der Waals surface area contributed by atoms with Crippen molar-refractivity contribution in [3.8, 4) is 0 Å². The van der Waals surface area contributed by atoms with Gasteiger partial charge in [-0.2, -0.15) is 0 Å². The van der Waals surface area contributed by atoms with E-state index in [9.17, 15) is 9.59 Å². The molecule has 1 heterocycles. The lowest BCUT2D eigenvalue weighted by molar-refractivity contribution is -0.117. The predicted octanol–water partition coefficient (Wildman–Crippen LogP) is 3.96. The Kier molecular flexibility index (Phi) is 6.42. The Hall–Kier alpha value is -2.88. The smallest absolute Gasteiger partial charge is 0.244 e. The van der Waals surface area contributed by atoms with Crippen LogP contribution in [0, 0.1) is 0 Å². The minimum absolute atomic E-state index is 0.0886. The van der Waals surface area contributed by atoms with E-state index in [-0.39, 0.29) is 17.9 Å². The molecule has 0 aromatic heterocycles. The van der Waals surface area contributed by atoms with Crippen molar-refractivity contribution in [2.45, 2.75) is 38.6 Å². The number of benzene rings is 2. The lowest BCUT2D eigenvalue weighted by Gasteiger charge is -2.15. The number of nitrogens with zero attached hydrogens (tertiary/aromatic N) is 1. The average Bonchev–Trinajstić information content (AvgIpc) is 3.12. The largest absolute Gasteiger partial charge is 0.350 e. The number of carbonyl (C=O) groups is 2. The minimum Gasteiger partial charge on any atom is -0.350 e. The summed E-state index contributed by atoms with van der Waals surface area (Å²) in [6.45, 7) is 2.81. The average molecular weight is 362 g/mol. The minimum atomic E-state index is -0.0886. The zero-order valence-corrected chi connectivity index (χ0v) is 15.7. The van der Waals surface area contributed by atoms with Gasteiger partial charge in [-0.05, 0) is 55.5 Å². The van der Waals surface area contributed by atoms with Crippen molar-refractivity contribution in [1.29, 1.82) is 0 Å². The van der Waals surface area contributed by atoms with Gasteiger partial charge in [0, 0.05) is 30.8 Å². The standard InChI is InChI=1S/C23H26N2O2/c1-18(9-10-19-6-3-2-4-7-19)24-22(26)16-13-20-11-14-21(15-12-20)25-17-5-8-23(25)27/h2-4,6-7,11-16,18H,5,8-10,17H2,1H3,(H,24,26)/b16-13+. The number of amides is 2. The van der Waals surface area contributed by atoms with Crippen molar-refractivity contribution in [2.75, 3.05) is 11.4 Å². The first kappa shape index (κ1) is 18.9. The number of nitrogens with one attached hydrogen (secondary N) is 1. The summed E-state index contributed by atoms with van der Waals surface area (Å²) in [5.74, 6) is 0.0940. The van der Waals surface area contributed by atoms with Crippen LogP contribution in [0.25, 0.3) is 6.08 Å². The number of hydrogen-bond acceptors (Lipinski definition) is 2. The van der Waals surface area contributed by atoms with E-state index < -0.39 is 0 Å². The van der Waals surface area contributed by atoms with Gasteiger partial charge in [0.1, 0.15) is 0 Å². The molecular formula is C23H26N2O2. The van der Waals surface area contributed by atoms with E-state index in [0.717, 1.165) is 37.1 Å². The third kappa shape index (κ3) is 5.55. The van der Waals surface area contributed by atoms with Crippen molar-refractivity contribution >= 4 is 23.6 Å². The second kappa shape index (κ2) is 9.17. The van der Waals surface area contributed by atoms with E-state index in [4.69, 9.17) is 0 Å². The first-order chi connectivity index (χ1) is 13.1. The van der Waals surface area contributed by atoms with Crippen LogP contribution in [0.15, 0.2) is 60.7 Å². The van der Waals surface area contributed by atoms with Crippen LogP contribution >= 0.6 is 0 Å². The van der Waals surface area contributed by atoms with Gasteiger partial charge < -0.3 is 10.2 Å². The zero-order valence-electron chi connectivity index (χ0n) is 15.7. The zero-order chi connectivity index (χ0) is 19.1. The summed E-state index contributed by atoms with van der Waals surface area (Å²) in [6, 6.07) is 18.1. The van der Waals surface area contributed by atoms with E-state index in [2.05, 4.69) is 17.4 Å². The lowest BCUT2D eigenvalue weighted by Crippen LogP contribution is -2.31. The summed E-state index contributed by atoms with van der Waals surface area (Å²) in [4.78, 5) is 25.7. The molecule has 1 fully saturated rings. The van der Waals surface area contributed by atoms with E-state index in [1.807, 2.05) is 54.3 Å². The second-order valence-electron chi connectivity index (χ2n) is 7.01. The highest BCUT2D eigenvalue weighted by atomic mass is 16.2. The molecule has 3 rings (SSSR count). The third-order valence-corrected chi connectivity index (χ3v) is 4.80. The van der Waals surface area contributed by atoms with E-state index in [1.165, 1.54) is 5.56 Å². The second-order valence-corrected chi connectivity index (χ2v) is 7.01. The molecule has 2 aromatic carbocycles. The van der Waals surface area contributed by atoms with Gasteiger partial charge in [0.2, 0.25) is 11.8 Å². The molecular weight excluding hydrogens is 336 g/mol. The van der Waals surface area contributed by atoms with Gasteiger partial charge in [0.25, 0.3) is 0 Å². The fraction of sp³-hybridized carbons (Fsp3) is 0.304. The van der Waals surface area contributed by atoms with Crippen LogP contribution in [0.5, 0.6) is 0 Å². The molecule has 0 saturated carbocycles. The molecule has 140 valence electrons. The molecule has 1 aliphatic rings. The fourth-order valence-electron chi connectivity index (χ4n) is 3.25. The quantitative estimate of drug-likeness (QED) is 0.758. The molecule has 0 radical (unpaired) electrons. The monoisotopic (exact) mass is 362 g/mol. The van der Waals surface area contributed by atoms with Crippen molar-refractivity contribution in [2.24, 2.45) is 0 Å². The van der Waals surface area contributed by atoms with Gasteiger partial charge in [-0.3, -0.25) is 9.59 Å². The van der Waals surface area contributed by atoms with Crippen LogP contribution in [-0.4, -0.2) is 24.4 Å². The topological polar surface area (TPSA) is 49.4 Å². The number of anilines is 1. The third-order valence-electron chi connectivity index (χ3n) is 4.80. The highest BCUT2D eigenvalue weighted by Gasteiger charge is 2.21. The van der Waals surface area contributed by atoms with Crippen LogP contribution in [-0.2, 0) is 16.0 Å². The van der Waals surface area contributed by atoms with Gasteiger partial charge in [-0.1, -0.05) is 42.5 Å². The Balaban J connectivity index is 1.47. The summed E-state index contributed by atoms with van der Waals surface area (Å²) in [5.41, 5.74) is 3.15. The first-order valence-corrected chi connectivity index (χ1v) is 9.55. The normalized spacial score (nSPS) is 15.3. The molecule has 27 heavy (non-hydrogen) atoms. The molecule has 4 heteroatoms. The predicted molar refractivity (Wildman–Crippen MR) is 109 cm³/mol. The molecule has 1 atom stereocenters. The van der Waals surface area contributed by atoms with E-state index in [1.54, 1.807) is 12.2 Å². The van der Waals surface area contributed by atoms with Crippen molar-refractivity contribution in [3.05, 3.63) is 71.8 Å². The fourth-order valence-corrected chi connectivity index (χ4v) is 3.25. The molecule has 2 amide bonds. The number of rotatable bonds is 7. The summed E-state index contributed by atoms with van der Waals surface area (Å²) in [7, 11) is 0. The maximum Gasteiger partial charge on any atom is 0.244 e. The first-order valence-electron chi connectivity index (χ1n) is 9.55. The maximum atomic E-state index is 12.1. The Morgan fingerprint density at radius 1 is 1.15 bits per heavy atom. The molecule has 1 N–H and O–H groups in total. The van der Waals surface area contributed by atoms with Crippen LogP contribution in [0.1, 0.15) is 37.3 Å². The molecule has 0 bridgehead atoms.